The second-order valence-electron chi connectivity index (χ2n) is 7.48. The number of nitrogens with two attached hydrogens (primary N) is 1. The van der Waals surface area contributed by atoms with Crippen LogP contribution in [0, 0.1) is 17.1 Å². The molecule has 0 spiro atoms. The van der Waals surface area contributed by atoms with Crippen LogP contribution in [0.4, 0.5) is 23.2 Å². The van der Waals surface area contributed by atoms with Crippen molar-refractivity contribution in [3.63, 3.8) is 0 Å². The number of ether oxygens (including phenoxy) is 1. The molecule has 1 aliphatic heterocycles. The molecule has 0 saturated carbocycles. The smallest absolute Gasteiger partial charge is 0.385 e. The third-order valence-corrected chi connectivity index (χ3v) is 5.44. The Bertz CT molecular complexity index is 1150. The number of anilines is 1. The monoisotopic (exact) mass is 483 g/mol. The minimum Gasteiger partial charge on any atom is -0.385 e. The number of nitrogens with one attached hydrogen (secondary N) is 1. The van der Waals surface area contributed by atoms with Gasteiger partial charge in [-0.3, -0.25) is 9.79 Å². The number of alkyl halides is 3. The molecule has 3 rings (SSSR count). The molecule has 1 aliphatic rings. The van der Waals surface area contributed by atoms with Gasteiger partial charge in [0, 0.05) is 11.9 Å². The lowest BCUT2D eigenvalue weighted by Crippen LogP contribution is -2.58. The van der Waals surface area contributed by atoms with Crippen molar-refractivity contribution in [3.8, 4) is 6.07 Å². The number of nitriles is 1. The number of aliphatic imine (C=N–C) groups is 1. The first kappa shape index (κ1) is 24.4. The Morgan fingerprint density at radius 2 is 2.15 bits per heavy atom. The molecular weight excluding hydrogens is 466 g/mol. The molecule has 3 N–H and O–H groups in total. The van der Waals surface area contributed by atoms with E-state index < -0.39 is 35.4 Å². The summed E-state index contributed by atoms with van der Waals surface area (Å²) >= 11 is 5.98. The third kappa shape index (κ3) is 5.23. The van der Waals surface area contributed by atoms with Crippen molar-refractivity contribution in [2.45, 2.75) is 37.6 Å². The molecule has 33 heavy (non-hydrogen) atoms. The lowest BCUT2D eigenvalue weighted by Gasteiger charge is -2.36. The van der Waals surface area contributed by atoms with Crippen molar-refractivity contribution in [1.29, 1.82) is 5.26 Å². The van der Waals surface area contributed by atoms with Gasteiger partial charge in [0.15, 0.2) is 0 Å². The van der Waals surface area contributed by atoms with E-state index in [1.54, 1.807) is 0 Å². The van der Waals surface area contributed by atoms with Crippen LogP contribution in [-0.4, -0.2) is 41.2 Å². The molecule has 2 atom stereocenters. The number of amidine groups is 1. The fraction of sp³-hybridized carbons (Fsp3) is 0.333. The van der Waals surface area contributed by atoms with E-state index in [0.717, 1.165) is 13.0 Å². The van der Waals surface area contributed by atoms with Crippen LogP contribution in [0.2, 0.25) is 5.02 Å². The zero-order valence-corrected chi connectivity index (χ0v) is 18.0. The average molecular weight is 484 g/mol. The van der Waals surface area contributed by atoms with Crippen molar-refractivity contribution in [1.82, 2.24) is 4.98 Å². The summed E-state index contributed by atoms with van der Waals surface area (Å²) in [5, 5.41) is 11.4. The number of aromatic nitrogens is 1. The summed E-state index contributed by atoms with van der Waals surface area (Å²) in [4.78, 5) is 20.2. The van der Waals surface area contributed by atoms with Crippen molar-refractivity contribution in [2.24, 2.45) is 10.7 Å². The van der Waals surface area contributed by atoms with Gasteiger partial charge in [-0.2, -0.15) is 18.4 Å². The van der Waals surface area contributed by atoms with Crippen LogP contribution in [0.1, 0.15) is 35.0 Å². The molecular formula is C21H18ClF4N5O2. The van der Waals surface area contributed by atoms with Crippen LogP contribution < -0.4 is 11.1 Å². The highest BCUT2D eigenvalue weighted by Gasteiger charge is 2.57. The quantitative estimate of drug-likeness (QED) is 0.624. The zero-order valence-electron chi connectivity index (χ0n) is 17.2. The van der Waals surface area contributed by atoms with Crippen LogP contribution in [-0.2, 0) is 11.2 Å². The van der Waals surface area contributed by atoms with Gasteiger partial charge in [0.2, 0.25) is 5.60 Å². The van der Waals surface area contributed by atoms with Crippen molar-refractivity contribution in [2.75, 3.05) is 11.9 Å². The van der Waals surface area contributed by atoms with Crippen LogP contribution in [0.5, 0.6) is 0 Å². The molecule has 0 saturated heterocycles. The highest BCUT2D eigenvalue weighted by molar-refractivity contribution is 6.34. The molecule has 1 amide bonds. The SMILES string of the molecule is C[C@@]1(C(F)(F)F)OC[C@H](CCc2cc(NC(=O)c3ncc(C#N)cc3Cl)ccc2F)N=C1N. The summed E-state index contributed by atoms with van der Waals surface area (Å²) in [5.74, 6) is -1.90. The number of halogens is 5. The van der Waals surface area contributed by atoms with Gasteiger partial charge in [0.25, 0.3) is 5.91 Å². The van der Waals surface area contributed by atoms with Gasteiger partial charge in [-0.1, -0.05) is 11.6 Å². The number of amides is 1. The number of hydrogen-bond donors (Lipinski definition) is 2. The van der Waals surface area contributed by atoms with Crippen molar-refractivity contribution < 1.29 is 27.1 Å². The Hall–Kier alpha value is -3.23. The maximum atomic E-state index is 14.3. The second-order valence-corrected chi connectivity index (χ2v) is 7.88. The summed E-state index contributed by atoms with van der Waals surface area (Å²) in [6.07, 6.45) is -3.24. The summed E-state index contributed by atoms with van der Waals surface area (Å²) in [7, 11) is 0. The summed E-state index contributed by atoms with van der Waals surface area (Å²) < 4.78 is 58.7. The van der Waals surface area contributed by atoms with E-state index in [1.165, 1.54) is 24.4 Å². The Labute approximate surface area is 191 Å². The van der Waals surface area contributed by atoms with E-state index in [9.17, 15) is 22.4 Å². The number of nitrogens with zero attached hydrogens (tertiary/aromatic N) is 3. The first-order chi connectivity index (χ1) is 15.4. The van der Waals surface area contributed by atoms with Gasteiger partial charge in [-0.25, -0.2) is 9.37 Å². The molecule has 0 fully saturated rings. The first-order valence-electron chi connectivity index (χ1n) is 9.64. The number of carbonyl (C=O) groups is 1. The molecule has 0 aliphatic carbocycles. The summed E-state index contributed by atoms with van der Waals surface area (Å²) in [5.41, 5.74) is 3.39. The number of aryl methyl sites for hydroxylation is 1. The third-order valence-electron chi connectivity index (χ3n) is 5.15. The fourth-order valence-electron chi connectivity index (χ4n) is 3.09. The van der Waals surface area contributed by atoms with Crippen LogP contribution in [0.15, 0.2) is 35.5 Å². The highest BCUT2D eigenvalue weighted by Crippen LogP contribution is 2.36. The maximum Gasteiger partial charge on any atom is 0.424 e. The minimum absolute atomic E-state index is 0.0208. The molecule has 7 nitrogen and oxygen atoms in total. The average Bonchev–Trinajstić information content (AvgIpc) is 2.75. The molecule has 2 heterocycles. The lowest BCUT2D eigenvalue weighted by molar-refractivity contribution is -0.245. The van der Waals surface area contributed by atoms with E-state index in [-0.39, 0.29) is 47.0 Å². The number of rotatable bonds is 5. The van der Waals surface area contributed by atoms with Gasteiger partial charge in [-0.15, -0.1) is 0 Å². The Morgan fingerprint density at radius 1 is 1.42 bits per heavy atom. The Kier molecular flexibility index (Phi) is 6.90. The van der Waals surface area contributed by atoms with E-state index >= 15 is 0 Å². The van der Waals surface area contributed by atoms with Gasteiger partial charge in [0.1, 0.15) is 23.4 Å². The van der Waals surface area contributed by atoms with Gasteiger partial charge < -0.3 is 15.8 Å². The molecule has 0 radical (unpaired) electrons. The molecule has 1 aromatic carbocycles. The van der Waals surface area contributed by atoms with Gasteiger partial charge in [-0.05, 0) is 49.6 Å². The maximum absolute atomic E-state index is 14.3. The van der Waals surface area contributed by atoms with Crippen molar-refractivity contribution >= 4 is 29.0 Å². The number of pyridine rings is 1. The Morgan fingerprint density at radius 3 is 2.76 bits per heavy atom. The number of hydrogen-bond acceptors (Lipinski definition) is 6. The topological polar surface area (TPSA) is 113 Å². The van der Waals surface area contributed by atoms with Crippen LogP contribution in [0.3, 0.4) is 0 Å². The Balaban J connectivity index is 1.69. The van der Waals surface area contributed by atoms with Crippen LogP contribution in [0.25, 0.3) is 0 Å². The zero-order chi connectivity index (χ0) is 24.4. The molecule has 1 aromatic heterocycles. The minimum atomic E-state index is -4.71. The van der Waals surface area contributed by atoms with E-state index in [0.29, 0.717) is 0 Å². The molecule has 2 aromatic rings. The summed E-state index contributed by atoms with van der Waals surface area (Å²) in [6, 6.07) is 6.34. The molecule has 0 bridgehead atoms. The van der Waals surface area contributed by atoms with E-state index in [2.05, 4.69) is 15.3 Å². The summed E-state index contributed by atoms with van der Waals surface area (Å²) in [6.45, 7) is 0.487. The second kappa shape index (κ2) is 9.33. The normalized spacial score (nSPS) is 20.6. The van der Waals surface area contributed by atoms with Crippen LogP contribution >= 0.6 is 11.6 Å². The number of carbonyl (C=O) groups excluding carboxylic acids is 1. The van der Waals surface area contributed by atoms with Gasteiger partial charge >= 0.3 is 6.18 Å². The standard InChI is InChI=1S/C21H18ClF4N5O2/c1-20(21(24,25)26)19(28)31-14(10-33-20)3-2-12-7-13(4-5-16(12)23)30-18(32)17-15(22)6-11(8-27)9-29-17/h4-7,9,14H,2-3,10H2,1H3,(H2,28,31)(H,30,32)/t14-,20+/m0/s1. The molecule has 0 unspecified atom stereocenters. The fourth-order valence-corrected chi connectivity index (χ4v) is 3.34. The predicted molar refractivity (Wildman–Crippen MR) is 112 cm³/mol. The van der Waals surface area contributed by atoms with Crippen molar-refractivity contribution in [3.05, 3.63) is 58.1 Å². The molecule has 174 valence electrons. The highest BCUT2D eigenvalue weighted by atomic mass is 35.5. The number of benzene rings is 1. The van der Waals surface area contributed by atoms with E-state index in [4.69, 9.17) is 27.3 Å². The lowest BCUT2D eigenvalue weighted by atomic mass is 10.00. The van der Waals surface area contributed by atoms with E-state index in [1.807, 2.05) is 6.07 Å². The predicted octanol–water partition coefficient (Wildman–Crippen LogP) is 4.01. The first-order valence-corrected chi connectivity index (χ1v) is 10.0. The largest absolute Gasteiger partial charge is 0.424 e. The molecule has 12 heteroatoms. The van der Waals surface area contributed by atoms with Gasteiger partial charge in [0.05, 0.1) is 23.2 Å².